The Morgan fingerprint density at radius 1 is 0.733 bits per heavy atom. The highest BCUT2D eigenvalue weighted by Crippen LogP contribution is 2.58. The van der Waals surface area contributed by atoms with Crippen LogP contribution in [0.5, 0.6) is 0 Å². The van der Waals surface area contributed by atoms with Crippen molar-refractivity contribution < 1.29 is 32.7 Å². The van der Waals surface area contributed by atoms with E-state index >= 15 is 0 Å². The van der Waals surface area contributed by atoms with E-state index in [-0.39, 0.29) is 12.8 Å². The van der Waals surface area contributed by atoms with E-state index in [0.717, 1.165) is 0 Å². The van der Waals surface area contributed by atoms with Crippen LogP contribution in [0.15, 0.2) is 0 Å². The lowest BCUT2D eigenvalue weighted by Crippen LogP contribution is -2.54. The maximum atomic E-state index is 11.0. The van der Waals surface area contributed by atoms with Crippen LogP contribution in [-0.2, 0) is 9.13 Å². The van der Waals surface area contributed by atoms with E-state index in [2.05, 4.69) is 0 Å². The second-order valence-electron chi connectivity index (χ2n) is 3.68. The summed E-state index contributed by atoms with van der Waals surface area (Å²) in [5.74, 6) is 0. The number of hydrogen-bond acceptors (Lipinski definition) is 6. The molecule has 0 aromatic carbocycles. The first-order valence-corrected chi connectivity index (χ1v) is 7.62. The van der Waals surface area contributed by atoms with Crippen molar-refractivity contribution in [1.29, 1.82) is 0 Å². The van der Waals surface area contributed by atoms with Gasteiger partial charge < -0.3 is 19.6 Å². The fourth-order valence-corrected chi connectivity index (χ4v) is 4.44. The van der Waals surface area contributed by atoms with Crippen molar-refractivity contribution in [3.05, 3.63) is 0 Å². The van der Waals surface area contributed by atoms with Crippen molar-refractivity contribution in [3.63, 3.8) is 0 Å². The van der Waals surface area contributed by atoms with Crippen LogP contribution < -0.4 is 19.6 Å². The first-order chi connectivity index (χ1) is 6.71. The molecule has 1 rings (SSSR count). The Kier molecular flexibility index (Phi) is 3.78. The first kappa shape index (κ1) is 13.3. The average Bonchev–Trinajstić information content (AvgIpc) is 2.25. The highest BCUT2D eigenvalue weighted by molar-refractivity contribution is 7.55. The molecule has 0 saturated carbocycles. The smallest absolute Gasteiger partial charge is 0.127 e. The Balaban J connectivity index is 3.17. The van der Waals surface area contributed by atoms with E-state index in [9.17, 15) is 28.7 Å². The van der Waals surface area contributed by atoms with Crippen molar-refractivity contribution in [2.24, 2.45) is 0 Å². The van der Waals surface area contributed by atoms with Crippen LogP contribution >= 0.6 is 15.5 Å². The minimum absolute atomic E-state index is 0.267. The molecule has 0 amide bonds. The van der Waals surface area contributed by atoms with Gasteiger partial charge in [-0.3, -0.25) is 13.2 Å². The number of hydrogen-bond donors (Lipinski definition) is 0. The van der Waals surface area contributed by atoms with Gasteiger partial charge in [0.05, 0.1) is 13.1 Å². The molecule has 0 atom stereocenters. The molecule has 1 aliphatic rings. The molecule has 0 bridgehead atoms. The lowest BCUT2D eigenvalue weighted by Gasteiger charge is -2.59. The summed E-state index contributed by atoms with van der Waals surface area (Å²) in [6.07, 6.45) is 1.81. The molecule has 1 fully saturated rings. The standard InChI is InChI=1S/C6H15NO6P2/c8-14(9,10)7(15(11,12)13)5-3-1-2-4-6-7/h1-6H2,(H3-,8,9,10,11,12,13)/p-3. The zero-order valence-electron chi connectivity index (χ0n) is 8.03. The summed E-state index contributed by atoms with van der Waals surface area (Å²) in [4.78, 5) is 43.9. The van der Waals surface area contributed by atoms with Crippen LogP contribution in [0.3, 0.4) is 0 Å². The predicted molar refractivity (Wildman–Crippen MR) is 43.7 cm³/mol. The highest BCUT2D eigenvalue weighted by atomic mass is 31.3. The third-order valence-corrected chi connectivity index (χ3v) is 6.63. The maximum absolute atomic E-state index is 11.0. The minimum atomic E-state index is -5.47. The second kappa shape index (κ2) is 4.26. The topological polar surface area (TPSA) is 126 Å². The normalized spacial score (nSPS) is 23.5. The molecule has 7 nitrogen and oxygen atoms in total. The van der Waals surface area contributed by atoms with E-state index < -0.39 is 32.6 Å². The monoisotopic (exact) mass is 256 g/mol. The quantitative estimate of drug-likeness (QED) is 0.527. The fourth-order valence-electron chi connectivity index (χ4n) is 1.82. The molecule has 0 radical (unpaired) electrons. The largest absolute Gasteiger partial charge is 0.765 e. The number of rotatable bonds is 2. The summed E-state index contributed by atoms with van der Waals surface area (Å²) in [6.45, 7) is -0.816. The third-order valence-electron chi connectivity index (χ3n) is 2.69. The first-order valence-electron chi connectivity index (χ1n) is 4.63. The van der Waals surface area contributed by atoms with E-state index in [4.69, 9.17) is 0 Å². The van der Waals surface area contributed by atoms with E-state index in [0.29, 0.717) is 12.8 Å². The Labute approximate surface area is 87.7 Å². The molecule has 1 aliphatic heterocycles. The van der Waals surface area contributed by atoms with Crippen LogP contribution in [-0.4, -0.2) is 17.1 Å². The number of nitrogens with zero attached hydrogens (tertiary/aromatic N) is 1. The maximum Gasteiger partial charge on any atom is 0.127 e. The van der Waals surface area contributed by atoms with Crippen LogP contribution in [0.2, 0.25) is 0 Å². The third kappa shape index (κ3) is 2.50. The highest BCUT2D eigenvalue weighted by Gasteiger charge is 2.36. The van der Waals surface area contributed by atoms with Gasteiger partial charge in [-0.15, -0.1) is 0 Å². The van der Waals surface area contributed by atoms with Gasteiger partial charge in [0.15, 0.2) is 0 Å². The van der Waals surface area contributed by atoms with Crippen molar-refractivity contribution in [3.8, 4) is 0 Å². The molecule has 9 heteroatoms. The molecule has 0 N–H and O–H groups in total. The Bertz CT molecular complexity index is 288. The molecular formula is C6H12NO6P2-3. The van der Waals surface area contributed by atoms with E-state index in [1.165, 1.54) is 0 Å². The van der Waals surface area contributed by atoms with E-state index in [1.807, 2.05) is 0 Å². The molecule has 1 heterocycles. The molecule has 0 aromatic rings. The molecule has 1 saturated heterocycles. The van der Waals surface area contributed by atoms with Crippen molar-refractivity contribution in [2.75, 3.05) is 13.1 Å². The molecule has 15 heavy (non-hydrogen) atoms. The van der Waals surface area contributed by atoms with Gasteiger partial charge in [-0.05, 0) is 25.7 Å². The van der Waals surface area contributed by atoms with Gasteiger partial charge in [-0.1, -0.05) is 0 Å². The van der Waals surface area contributed by atoms with Crippen LogP contribution in [0, 0.1) is 0 Å². The summed E-state index contributed by atoms with van der Waals surface area (Å²) in [7, 11) is -10.9. The van der Waals surface area contributed by atoms with Gasteiger partial charge in [0, 0.05) is 0 Å². The zero-order valence-corrected chi connectivity index (χ0v) is 9.82. The van der Waals surface area contributed by atoms with Crippen molar-refractivity contribution >= 4 is 15.5 Å². The number of quaternary nitrogens is 1. The Morgan fingerprint density at radius 2 is 1.07 bits per heavy atom. The van der Waals surface area contributed by atoms with Gasteiger partial charge >= 0.3 is 0 Å². The summed E-state index contributed by atoms with van der Waals surface area (Å²) in [5, 5.41) is 0. The van der Waals surface area contributed by atoms with Gasteiger partial charge in [0.1, 0.15) is 15.5 Å². The summed E-state index contributed by atoms with van der Waals surface area (Å²) in [6, 6.07) is 0. The molecule has 0 unspecified atom stereocenters. The average molecular weight is 256 g/mol. The molecule has 90 valence electrons. The second-order valence-corrected chi connectivity index (χ2v) is 7.40. The molecule has 0 spiro atoms. The van der Waals surface area contributed by atoms with Gasteiger partial charge in [0.25, 0.3) is 0 Å². The zero-order chi connectivity index (χ0) is 11.7. The van der Waals surface area contributed by atoms with Crippen LogP contribution in [0.1, 0.15) is 25.7 Å². The van der Waals surface area contributed by atoms with Crippen molar-refractivity contribution in [1.82, 2.24) is 0 Å². The molecule has 0 aromatic heterocycles. The lowest BCUT2D eigenvalue weighted by molar-refractivity contribution is -0.779. The lowest BCUT2D eigenvalue weighted by atomic mass is 10.2. The molecule has 0 aliphatic carbocycles. The molecular weight excluding hydrogens is 244 g/mol. The van der Waals surface area contributed by atoms with Gasteiger partial charge in [0.2, 0.25) is 0 Å². The minimum Gasteiger partial charge on any atom is -0.765 e. The predicted octanol–water partition coefficient (Wildman–Crippen LogP) is -1.97. The fraction of sp³-hybridized carbons (Fsp3) is 1.00. The SMILES string of the molecule is O=P([O-])([O-])[N+]1(P(=O)([O-])[O-])CCCCCC1. The van der Waals surface area contributed by atoms with Crippen LogP contribution in [0.4, 0.5) is 0 Å². The van der Waals surface area contributed by atoms with Crippen LogP contribution in [0.25, 0.3) is 0 Å². The summed E-state index contributed by atoms with van der Waals surface area (Å²) in [5.41, 5.74) is 0. The Hall–Kier alpha value is 0.260. The van der Waals surface area contributed by atoms with Crippen molar-refractivity contribution in [2.45, 2.75) is 25.7 Å². The van der Waals surface area contributed by atoms with Gasteiger partial charge in [-0.2, -0.15) is 0 Å². The van der Waals surface area contributed by atoms with E-state index in [1.54, 1.807) is 0 Å². The van der Waals surface area contributed by atoms with Gasteiger partial charge in [-0.25, -0.2) is 0 Å². The summed E-state index contributed by atoms with van der Waals surface area (Å²) < 4.78 is 20.1. The summed E-state index contributed by atoms with van der Waals surface area (Å²) >= 11 is 0. The Morgan fingerprint density at radius 3 is 1.33 bits per heavy atom.